The van der Waals surface area contributed by atoms with Crippen molar-refractivity contribution < 1.29 is 4.79 Å². The highest BCUT2D eigenvalue weighted by atomic mass is 32.1. The Balaban J connectivity index is 1.53. The molecule has 3 heterocycles. The molecule has 0 radical (unpaired) electrons. The van der Waals surface area contributed by atoms with Gasteiger partial charge in [0.25, 0.3) is 5.91 Å². The summed E-state index contributed by atoms with van der Waals surface area (Å²) >= 11 is 1.70. The SMILES string of the molecule is CN(C(=O)c1cnn(C)c1)C1CCN(Cc2cncs2)CC1. The third-order valence-electron chi connectivity index (χ3n) is 4.24. The summed E-state index contributed by atoms with van der Waals surface area (Å²) < 4.78 is 1.67. The van der Waals surface area contributed by atoms with Crippen molar-refractivity contribution in [3.8, 4) is 0 Å². The van der Waals surface area contributed by atoms with Crippen molar-refractivity contribution in [3.05, 3.63) is 34.5 Å². The summed E-state index contributed by atoms with van der Waals surface area (Å²) in [4.78, 5) is 22.2. The molecule has 118 valence electrons. The van der Waals surface area contributed by atoms with Crippen molar-refractivity contribution >= 4 is 17.2 Å². The Morgan fingerprint density at radius 1 is 1.41 bits per heavy atom. The van der Waals surface area contributed by atoms with Gasteiger partial charge in [-0.15, -0.1) is 11.3 Å². The van der Waals surface area contributed by atoms with Crippen LogP contribution in [-0.2, 0) is 13.6 Å². The number of piperidine rings is 1. The maximum atomic E-state index is 12.4. The highest BCUT2D eigenvalue weighted by Gasteiger charge is 2.26. The topological polar surface area (TPSA) is 54.3 Å². The van der Waals surface area contributed by atoms with Crippen LogP contribution in [0.15, 0.2) is 24.1 Å². The molecule has 1 aliphatic heterocycles. The number of rotatable bonds is 4. The van der Waals surface area contributed by atoms with Gasteiger partial charge in [-0.05, 0) is 12.8 Å². The normalized spacial score (nSPS) is 16.8. The number of amides is 1. The Hall–Kier alpha value is -1.73. The average Bonchev–Trinajstić information content (AvgIpc) is 3.18. The maximum absolute atomic E-state index is 12.4. The Bertz CT molecular complexity index is 616. The molecule has 7 heteroatoms. The standard InChI is InChI=1S/C15H21N5OS/c1-18-9-12(7-17-18)15(21)19(2)13-3-5-20(6-4-13)10-14-8-16-11-22-14/h7-9,11,13H,3-6,10H2,1-2H3. The lowest BCUT2D eigenvalue weighted by molar-refractivity contribution is 0.0637. The van der Waals surface area contributed by atoms with Crippen LogP contribution in [0, 0.1) is 0 Å². The number of likely N-dealkylation sites (tertiary alicyclic amines) is 1. The fraction of sp³-hybridized carbons (Fsp3) is 0.533. The van der Waals surface area contributed by atoms with Gasteiger partial charge in [0.1, 0.15) is 0 Å². The van der Waals surface area contributed by atoms with Crippen molar-refractivity contribution in [1.29, 1.82) is 0 Å². The Labute approximate surface area is 134 Å². The quantitative estimate of drug-likeness (QED) is 0.859. The highest BCUT2D eigenvalue weighted by molar-refractivity contribution is 7.09. The van der Waals surface area contributed by atoms with Gasteiger partial charge in [0, 0.05) is 57.0 Å². The molecule has 0 aromatic carbocycles. The van der Waals surface area contributed by atoms with Crippen molar-refractivity contribution in [3.63, 3.8) is 0 Å². The monoisotopic (exact) mass is 319 g/mol. The van der Waals surface area contributed by atoms with E-state index >= 15 is 0 Å². The molecule has 1 aliphatic rings. The molecule has 0 bridgehead atoms. The van der Waals surface area contributed by atoms with E-state index in [-0.39, 0.29) is 5.91 Å². The zero-order valence-corrected chi connectivity index (χ0v) is 13.8. The minimum atomic E-state index is 0.0639. The van der Waals surface area contributed by atoms with E-state index in [1.807, 2.05) is 30.7 Å². The summed E-state index contributed by atoms with van der Waals surface area (Å²) in [6, 6.07) is 0.311. The van der Waals surface area contributed by atoms with E-state index in [0.29, 0.717) is 11.6 Å². The van der Waals surface area contributed by atoms with Crippen LogP contribution < -0.4 is 0 Å². The first-order valence-corrected chi connectivity index (χ1v) is 8.37. The first-order valence-electron chi connectivity index (χ1n) is 7.49. The lowest BCUT2D eigenvalue weighted by atomic mass is 10.0. The second-order valence-electron chi connectivity index (χ2n) is 5.79. The summed E-state index contributed by atoms with van der Waals surface area (Å²) in [7, 11) is 3.73. The molecule has 22 heavy (non-hydrogen) atoms. The molecule has 0 N–H and O–H groups in total. The number of aryl methyl sites for hydroxylation is 1. The van der Waals surface area contributed by atoms with Crippen LogP contribution in [0.2, 0.25) is 0 Å². The van der Waals surface area contributed by atoms with Gasteiger partial charge in [0.2, 0.25) is 0 Å². The van der Waals surface area contributed by atoms with Crippen LogP contribution in [0.1, 0.15) is 28.1 Å². The number of thiazole rings is 1. The number of carbonyl (C=O) groups excluding carboxylic acids is 1. The van der Waals surface area contributed by atoms with Crippen LogP contribution in [0.5, 0.6) is 0 Å². The molecule has 0 saturated carbocycles. The van der Waals surface area contributed by atoms with Crippen LogP contribution in [-0.4, -0.2) is 56.7 Å². The molecule has 3 rings (SSSR count). The molecule has 2 aromatic heterocycles. The fourth-order valence-electron chi connectivity index (χ4n) is 2.91. The number of aromatic nitrogens is 3. The predicted octanol–water partition coefficient (Wildman–Crippen LogP) is 1.61. The second kappa shape index (κ2) is 6.58. The molecule has 1 fully saturated rings. The first-order chi connectivity index (χ1) is 10.6. The number of hydrogen-bond donors (Lipinski definition) is 0. The van der Waals surface area contributed by atoms with Gasteiger partial charge in [-0.25, -0.2) is 0 Å². The zero-order valence-electron chi connectivity index (χ0n) is 13.0. The lowest BCUT2D eigenvalue weighted by Crippen LogP contribution is -2.45. The minimum Gasteiger partial charge on any atom is -0.339 e. The summed E-state index contributed by atoms with van der Waals surface area (Å²) in [6.07, 6.45) is 7.38. The summed E-state index contributed by atoms with van der Waals surface area (Å²) in [6.45, 7) is 3.01. The smallest absolute Gasteiger partial charge is 0.257 e. The molecule has 6 nitrogen and oxygen atoms in total. The van der Waals surface area contributed by atoms with Crippen molar-refractivity contribution in [2.45, 2.75) is 25.4 Å². The number of carbonyl (C=O) groups is 1. The maximum Gasteiger partial charge on any atom is 0.257 e. The molecule has 2 aromatic rings. The van der Waals surface area contributed by atoms with Crippen LogP contribution in [0.3, 0.4) is 0 Å². The predicted molar refractivity (Wildman–Crippen MR) is 85.7 cm³/mol. The van der Waals surface area contributed by atoms with E-state index in [4.69, 9.17) is 0 Å². The Kier molecular flexibility index (Phi) is 4.54. The van der Waals surface area contributed by atoms with E-state index in [0.717, 1.165) is 32.5 Å². The van der Waals surface area contributed by atoms with Crippen LogP contribution >= 0.6 is 11.3 Å². The van der Waals surface area contributed by atoms with Crippen molar-refractivity contribution in [1.82, 2.24) is 24.6 Å². The lowest BCUT2D eigenvalue weighted by Gasteiger charge is -2.36. The third-order valence-corrected chi connectivity index (χ3v) is 5.00. The van der Waals surface area contributed by atoms with Gasteiger partial charge in [-0.3, -0.25) is 19.4 Å². The van der Waals surface area contributed by atoms with Gasteiger partial charge in [-0.2, -0.15) is 5.10 Å². The molecule has 0 atom stereocenters. The van der Waals surface area contributed by atoms with E-state index in [2.05, 4.69) is 15.0 Å². The largest absolute Gasteiger partial charge is 0.339 e. The van der Waals surface area contributed by atoms with Gasteiger partial charge in [0.05, 0.1) is 17.3 Å². The number of hydrogen-bond acceptors (Lipinski definition) is 5. The second-order valence-corrected chi connectivity index (χ2v) is 6.76. The molecule has 1 saturated heterocycles. The van der Waals surface area contributed by atoms with Gasteiger partial charge in [0.15, 0.2) is 0 Å². The zero-order chi connectivity index (χ0) is 15.5. The van der Waals surface area contributed by atoms with Crippen molar-refractivity contribution in [2.24, 2.45) is 7.05 Å². The number of nitrogens with zero attached hydrogens (tertiary/aromatic N) is 5. The molecule has 0 spiro atoms. The molecule has 0 aliphatic carbocycles. The molecular formula is C15H21N5OS. The third kappa shape index (κ3) is 3.36. The Morgan fingerprint density at radius 2 is 2.18 bits per heavy atom. The Morgan fingerprint density at radius 3 is 2.77 bits per heavy atom. The summed E-state index contributed by atoms with van der Waals surface area (Å²) in [5.41, 5.74) is 2.54. The van der Waals surface area contributed by atoms with Crippen LogP contribution in [0.25, 0.3) is 0 Å². The van der Waals surface area contributed by atoms with Gasteiger partial charge in [-0.1, -0.05) is 0 Å². The van der Waals surface area contributed by atoms with E-state index in [9.17, 15) is 4.79 Å². The van der Waals surface area contributed by atoms with Gasteiger partial charge < -0.3 is 4.90 Å². The van der Waals surface area contributed by atoms with E-state index < -0.39 is 0 Å². The molecular weight excluding hydrogens is 298 g/mol. The van der Waals surface area contributed by atoms with Crippen LogP contribution in [0.4, 0.5) is 0 Å². The van der Waals surface area contributed by atoms with E-state index in [1.54, 1.807) is 28.4 Å². The van der Waals surface area contributed by atoms with Gasteiger partial charge >= 0.3 is 0 Å². The average molecular weight is 319 g/mol. The highest BCUT2D eigenvalue weighted by Crippen LogP contribution is 2.20. The first kappa shape index (κ1) is 15.2. The van der Waals surface area contributed by atoms with E-state index in [1.165, 1.54) is 4.88 Å². The molecule has 1 amide bonds. The summed E-state index contributed by atoms with van der Waals surface area (Å²) in [5, 5.41) is 4.08. The van der Waals surface area contributed by atoms with Crippen molar-refractivity contribution in [2.75, 3.05) is 20.1 Å². The summed E-state index contributed by atoms with van der Waals surface area (Å²) in [5.74, 6) is 0.0639. The fourth-order valence-corrected chi connectivity index (χ4v) is 3.54. The molecule has 0 unspecified atom stereocenters. The minimum absolute atomic E-state index is 0.0639.